The molecule has 108 valence electrons. The van der Waals surface area contributed by atoms with Gasteiger partial charge in [-0.2, -0.15) is 0 Å². The molecule has 0 aromatic heterocycles. The van der Waals surface area contributed by atoms with Gasteiger partial charge in [0.15, 0.2) is 5.75 Å². The molecule has 0 fully saturated rings. The van der Waals surface area contributed by atoms with Gasteiger partial charge >= 0.3 is 11.9 Å². The van der Waals surface area contributed by atoms with Crippen LogP contribution in [-0.4, -0.2) is 32.4 Å². The lowest BCUT2D eigenvalue weighted by atomic mass is 10.1. The largest absolute Gasteiger partial charge is 0.508 e. The van der Waals surface area contributed by atoms with Crippen molar-refractivity contribution < 1.29 is 34.8 Å². The summed E-state index contributed by atoms with van der Waals surface area (Å²) in [5, 5.41) is 37.0. The smallest absolute Gasteiger partial charge is 0.343 e. The summed E-state index contributed by atoms with van der Waals surface area (Å²) < 4.78 is 4.87. The molecule has 4 N–H and O–H groups in total. The third kappa shape index (κ3) is 3.03. The number of esters is 1. The number of phenols is 3. The van der Waals surface area contributed by atoms with Gasteiger partial charge in [-0.3, -0.25) is 0 Å². The molecule has 21 heavy (non-hydrogen) atoms. The molecule has 2 aromatic carbocycles. The standard InChI is InChI=1S/C14H10O7/c15-8-3-1-7(2-4-8)14(20)21-11-6-9(16)5-10(17)12(11)13(18)19/h1-6,15-17H,(H,18,19). The van der Waals surface area contributed by atoms with Gasteiger partial charge < -0.3 is 25.2 Å². The molecule has 7 heteroatoms. The van der Waals surface area contributed by atoms with Crippen LogP contribution in [0.1, 0.15) is 20.7 Å². The minimum absolute atomic E-state index is 0.0484. The summed E-state index contributed by atoms with van der Waals surface area (Å²) in [6.45, 7) is 0. The second-order valence-corrected chi connectivity index (χ2v) is 4.08. The van der Waals surface area contributed by atoms with Gasteiger partial charge in [0.05, 0.1) is 5.56 Å². The first kappa shape index (κ1) is 14.2. The zero-order valence-electron chi connectivity index (χ0n) is 10.5. The van der Waals surface area contributed by atoms with Crippen LogP contribution in [0, 0.1) is 0 Å². The average molecular weight is 290 g/mol. The molecule has 0 aliphatic rings. The van der Waals surface area contributed by atoms with Gasteiger partial charge in [-0.05, 0) is 24.3 Å². The number of hydrogen-bond acceptors (Lipinski definition) is 6. The molecule has 0 unspecified atom stereocenters. The summed E-state index contributed by atoms with van der Waals surface area (Å²) in [5.41, 5.74) is -0.577. The number of hydrogen-bond donors (Lipinski definition) is 4. The van der Waals surface area contributed by atoms with Crippen LogP contribution in [0.3, 0.4) is 0 Å². The van der Waals surface area contributed by atoms with Crippen LogP contribution in [0.25, 0.3) is 0 Å². The highest BCUT2D eigenvalue weighted by molar-refractivity contribution is 5.97. The molecule has 2 aromatic rings. The van der Waals surface area contributed by atoms with Gasteiger partial charge in [-0.15, -0.1) is 0 Å². The summed E-state index contributed by atoms with van der Waals surface area (Å²) in [4.78, 5) is 22.9. The van der Waals surface area contributed by atoms with Gasteiger partial charge in [-0.25, -0.2) is 9.59 Å². The van der Waals surface area contributed by atoms with Crippen LogP contribution < -0.4 is 4.74 Å². The molecule has 0 amide bonds. The molecule has 0 atom stereocenters. The van der Waals surface area contributed by atoms with Crippen molar-refractivity contribution in [1.29, 1.82) is 0 Å². The monoisotopic (exact) mass is 290 g/mol. The normalized spacial score (nSPS) is 10.1. The number of aromatic carboxylic acids is 1. The van der Waals surface area contributed by atoms with Crippen molar-refractivity contribution in [3.63, 3.8) is 0 Å². The number of rotatable bonds is 3. The van der Waals surface area contributed by atoms with Gasteiger partial charge in [0, 0.05) is 12.1 Å². The number of aromatic hydroxyl groups is 3. The first-order chi connectivity index (χ1) is 9.88. The second-order valence-electron chi connectivity index (χ2n) is 4.08. The Labute approximate surface area is 118 Å². The van der Waals surface area contributed by atoms with Crippen molar-refractivity contribution in [2.75, 3.05) is 0 Å². The number of carbonyl (C=O) groups is 2. The molecule has 0 aliphatic heterocycles. The number of benzene rings is 2. The van der Waals surface area contributed by atoms with E-state index in [2.05, 4.69) is 0 Å². The number of carboxylic acids is 1. The number of ether oxygens (including phenoxy) is 1. The lowest BCUT2D eigenvalue weighted by molar-refractivity contribution is 0.0678. The molecule has 0 aliphatic carbocycles. The van der Waals surface area contributed by atoms with Crippen LogP contribution >= 0.6 is 0 Å². The van der Waals surface area contributed by atoms with E-state index in [1.54, 1.807) is 0 Å². The molecule has 7 nitrogen and oxygen atoms in total. The molecule has 0 saturated heterocycles. The highest BCUT2D eigenvalue weighted by atomic mass is 16.5. The fraction of sp³-hybridized carbons (Fsp3) is 0. The van der Waals surface area contributed by atoms with E-state index in [1.807, 2.05) is 0 Å². The quantitative estimate of drug-likeness (QED) is 0.501. The van der Waals surface area contributed by atoms with Crippen molar-refractivity contribution in [3.05, 3.63) is 47.5 Å². The lowest BCUT2D eigenvalue weighted by Crippen LogP contribution is -2.11. The van der Waals surface area contributed by atoms with Crippen molar-refractivity contribution in [3.8, 4) is 23.0 Å². The predicted octanol–water partition coefficient (Wildman–Crippen LogP) is 1.72. The van der Waals surface area contributed by atoms with Crippen molar-refractivity contribution in [2.24, 2.45) is 0 Å². The van der Waals surface area contributed by atoms with Gasteiger partial charge in [0.25, 0.3) is 0 Å². The van der Waals surface area contributed by atoms with Crippen LogP contribution in [0.5, 0.6) is 23.0 Å². The third-order valence-corrected chi connectivity index (χ3v) is 2.59. The Balaban J connectivity index is 2.37. The van der Waals surface area contributed by atoms with E-state index in [1.165, 1.54) is 24.3 Å². The van der Waals surface area contributed by atoms with E-state index >= 15 is 0 Å². The fourth-order valence-electron chi connectivity index (χ4n) is 1.64. The van der Waals surface area contributed by atoms with Crippen LogP contribution in [-0.2, 0) is 0 Å². The van der Waals surface area contributed by atoms with Crippen LogP contribution in [0.2, 0.25) is 0 Å². The molecular weight excluding hydrogens is 280 g/mol. The van der Waals surface area contributed by atoms with E-state index in [-0.39, 0.29) is 11.3 Å². The zero-order valence-corrected chi connectivity index (χ0v) is 10.5. The van der Waals surface area contributed by atoms with Gasteiger partial charge in [0.1, 0.15) is 22.8 Å². The Morgan fingerprint density at radius 1 is 0.905 bits per heavy atom. The Hall–Kier alpha value is -3.22. The molecule has 0 heterocycles. The van der Waals surface area contributed by atoms with E-state index in [0.29, 0.717) is 0 Å². The maximum Gasteiger partial charge on any atom is 0.343 e. The molecule has 2 rings (SSSR count). The molecule has 0 radical (unpaired) electrons. The highest BCUT2D eigenvalue weighted by Gasteiger charge is 2.21. The number of phenolic OH excluding ortho intramolecular Hbond substituents is 2. The Bertz CT molecular complexity index is 704. The molecule has 0 spiro atoms. The topological polar surface area (TPSA) is 124 Å². The van der Waals surface area contributed by atoms with Gasteiger partial charge in [-0.1, -0.05) is 0 Å². The third-order valence-electron chi connectivity index (χ3n) is 2.59. The van der Waals surface area contributed by atoms with E-state index in [4.69, 9.17) is 14.9 Å². The predicted molar refractivity (Wildman–Crippen MR) is 69.8 cm³/mol. The average Bonchev–Trinajstić information content (AvgIpc) is 2.37. The maximum absolute atomic E-state index is 11.9. The van der Waals surface area contributed by atoms with Crippen molar-refractivity contribution >= 4 is 11.9 Å². The number of carboxylic acid groups (broad SMARTS) is 1. The summed E-state index contributed by atoms with van der Waals surface area (Å²) in [6, 6.07) is 6.80. The van der Waals surface area contributed by atoms with Crippen LogP contribution in [0.15, 0.2) is 36.4 Å². The van der Waals surface area contributed by atoms with E-state index in [9.17, 15) is 19.8 Å². The second kappa shape index (κ2) is 5.41. The van der Waals surface area contributed by atoms with E-state index in [0.717, 1.165) is 12.1 Å². The summed E-state index contributed by atoms with van der Waals surface area (Å²) in [5.74, 6) is -4.13. The maximum atomic E-state index is 11.9. The first-order valence-electron chi connectivity index (χ1n) is 5.69. The first-order valence-corrected chi connectivity index (χ1v) is 5.69. The zero-order chi connectivity index (χ0) is 15.6. The minimum Gasteiger partial charge on any atom is -0.508 e. The van der Waals surface area contributed by atoms with Crippen molar-refractivity contribution in [1.82, 2.24) is 0 Å². The summed E-state index contributed by atoms with van der Waals surface area (Å²) in [7, 11) is 0. The molecular formula is C14H10O7. The molecule has 0 bridgehead atoms. The van der Waals surface area contributed by atoms with Crippen molar-refractivity contribution in [2.45, 2.75) is 0 Å². The number of carbonyl (C=O) groups excluding carboxylic acids is 1. The molecule has 0 saturated carbocycles. The van der Waals surface area contributed by atoms with E-state index < -0.39 is 34.8 Å². The summed E-state index contributed by atoms with van der Waals surface area (Å²) >= 11 is 0. The lowest BCUT2D eigenvalue weighted by Gasteiger charge is -2.09. The van der Waals surface area contributed by atoms with Crippen LogP contribution in [0.4, 0.5) is 0 Å². The fourth-order valence-corrected chi connectivity index (χ4v) is 1.64. The SMILES string of the molecule is O=C(Oc1cc(O)cc(O)c1C(=O)O)c1ccc(O)cc1. The van der Waals surface area contributed by atoms with Gasteiger partial charge in [0.2, 0.25) is 0 Å². The minimum atomic E-state index is -1.51. The summed E-state index contributed by atoms with van der Waals surface area (Å²) in [6.07, 6.45) is 0. The Morgan fingerprint density at radius 3 is 2.10 bits per heavy atom. The Kier molecular flexibility index (Phi) is 3.66. The highest BCUT2D eigenvalue weighted by Crippen LogP contribution is 2.33. The Morgan fingerprint density at radius 2 is 1.52 bits per heavy atom.